The summed E-state index contributed by atoms with van der Waals surface area (Å²) in [6, 6.07) is 3.38. The van der Waals surface area contributed by atoms with Crippen LogP contribution in [0.3, 0.4) is 0 Å². The summed E-state index contributed by atoms with van der Waals surface area (Å²) in [4.78, 5) is 24.7. The molecular weight excluding hydrogens is 310 g/mol. The Hall–Kier alpha value is -3.03. The molecule has 122 valence electrons. The van der Waals surface area contributed by atoms with Crippen molar-refractivity contribution in [3.05, 3.63) is 54.3 Å². The Balaban J connectivity index is 1.43. The highest BCUT2D eigenvalue weighted by Gasteiger charge is 2.30. The van der Waals surface area contributed by atoms with Crippen LogP contribution < -0.4 is 0 Å². The lowest BCUT2D eigenvalue weighted by Gasteiger charge is -2.09. The van der Waals surface area contributed by atoms with Gasteiger partial charge in [-0.25, -0.2) is 14.8 Å². The molecule has 24 heavy (non-hydrogen) atoms. The summed E-state index contributed by atoms with van der Waals surface area (Å²) in [6.45, 7) is 1.70. The number of hydrogen-bond donors (Lipinski definition) is 0. The van der Waals surface area contributed by atoms with Gasteiger partial charge in [-0.1, -0.05) is 5.16 Å². The van der Waals surface area contributed by atoms with E-state index in [0.29, 0.717) is 29.0 Å². The Morgan fingerprint density at radius 1 is 1.42 bits per heavy atom. The second-order valence-corrected chi connectivity index (χ2v) is 5.69. The Kier molecular flexibility index (Phi) is 3.56. The topological polar surface area (TPSA) is 95.9 Å². The fraction of sp³-hybridized carbons (Fsp3) is 0.312. The number of nitrogens with zero attached hydrogens (tertiary/aromatic N) is 5. The molecule has 0 amide bonds. The number of carbonyl (C=O) groups is 1. The molecule has 0 N–H and O–H groups in total. The average Bonchev–Trinajstić information content (AvgIpc) is 3.12. The predicted octanol–water partition coefficient (Wildman–Crippen LogP) is 2.45. The molecule has 0 bridgehead atoms. The number of carbonyl (C=O) groups excluding carboxylic acids is 1. The van der Waals surface area contributed by atoms with Crippen molar-refractivity contribution in [2.75, 3.05) is 0 Å². The van der Waals surface area contributed by atoms with Crippen LogP contribution in [0.5, 0.6) is 0 Å². The molecule has 1 fully saturated rings. The molecule has 3 aromatic heterocycles. The van der Waals surface area contributed by atoms with Gasteiger partial charge in [-0.15, -0.1) is 0 Å². The number of pyridine rings is 1. The van der Waals surface area contributed by atoms with E-state index in [2.05, 4.69) is 20.1 Å². The standard InChI is InChI=1S/C16H15N5O3/c1-10(15-19-14(20-24-15)11-2-3-11)23-16(22)12-4-5-13(18-8-12)21-7-6-17-9-21/h4-11H,2-3H2,1H3/t10-/m1/s1. The van der Waals surface area contributed by atoms with Gasteiger partial charge in [0, 0.05) is 24.5 Å². The van der Waals surface area contributed by atoms with Gasteiger partial charge < -0.3 is 9.26 Å². The van der Waals surface area contributed by atoms with Gasteiger partial charge in [-0.2, -0.15) is 4.98 Å². The van der Waals surface area contributed by atoms with Crippen molar-refractivity contribution in [1.29, 1.82) is 0 Å². The van der Waals surface area contributed by atoms with Gasteiger partial charge >= 0.3 is 5.97 Å². The molecule has 4 rings (SSSR count). The fourth-order valence-electron chi connectivity index (χ4n) is 2.25. The zero-order chi connectivity index (χ0) is 16.5. The molecule has 0 spiro atoms. The zero-order valence-corrected chi connectivity index (χ0v) is 13.0. The van der Waals surface area contributed by atoms with Crippen LogP contribution in [0, 0.1) is 0 Å². The summed E-state index contributed by atoms with van der Waals surface area (Å²) >= 11 is 0. The fourth-order valence-corrected chi connectivity index (χ4v) is 2.25. The molecule has 0 radical (unpaired) electrons. The third kappa shape index (κ3) is 2.90. The van der Waals surface area contributed by atoms with Gasteiger partial charge in [-0.05, 0) is 31.9 Å². The van der Waals surface area contributed by atoms with E-state index in [-0.39, 0.29) is 0 Å². The van der Waals surface area contributed by atoms with Crippen molar-refractivity contribution in [2.45, 2.75) is 31.8 Å². The molecule has 3 aromatic rings. The minimum Gasteiger partial charge on any atom is -0.449 e. The molecule has 1 aliphatic carbocycles. The Bertz CT molecular complexity index is 837. The molecule has 0 aliphatic heterocycles. The highest BCUT2D eigenvalue weighted by Crippen LogP contribution is 2.38. The summed E-state index contributed by atoms with van der Waals surface area (Å²) in [5.41, 5.74) is 0.354. The van der Waals surface area contributed by atoms with Gasteiger partial charge in [0.25, 0.3) is 5.89 Å². The van der Waals surface area contributed by atoms with E-state index in [1.807, 2.05) is 0 Å². The van der Waals surface area contributed by atoms with E-state index in [0.717, 1.165) is 12.8 Å². The van der Waals surface area contributed by atoms with E-state index in [9.17, 15) is 4.79 Å². The third-order valence-electron chi connectivity index (χ3n) is 3.78. The van der Waals surface area contributed by atoms with Crippen LogP contribution in [0.15, 0.2) is 41.6 Å². The number of rotatable bonds is 5. The van der Waals surface area contributed by atoms with Crippen molar-refractivity contribution in [1.82, 2.24) is 24.7 Å². The van der Waals surface area contributed by atoms with Crippen molar-refractivity contribution in [2.24, 2.45) is 0 Å². The van der Waals surface area contributed by atoms with E-state index in [1.165, 1.54) is 6.20 Å². The summed E-state index contributed by atoms with van der Waals surface area (Å²) in [7, 11) is 0. The van der Waals surface area contributed by atoms with Crippen molar-refractivity contribution in [3.8, 4) is 5.82 Å². The number of esters is 1. The lowest BCUT2D eigenvalue weighted by atomic mass is 10.3. The Morgan fingerprint density at radius 3 is 2.96 bits per heavy atom. The average molecular weight is 325 g/mol. The Morgan fingerprint density at radius 2 is 2.29 bits per heavy atom. The van der Waals surface area contributed by atoms with Crippen LogP contribution in [0.1, 0.15) is 53.9 Å². The highest BCUT2D eigenvalue weighted by atomic mass is 16.6. The molecule has 0 saturated heterocycles. The largest absolute Gasteiger partial charge is 0.449 e. The maximum Gasteiger partial charge on any atom is 0.340 e. The number of aromatic nitrogens is 5. The monoisotopic (exact) mass is 325 g/mol. The maximum atomic E-state index is 12.2. The predicted molar refractivity (Wildman–Crippen MR) is 81.5 cm³/mol. The van der Waals surface area contributed by atoms with Crippen LogP contribution in [-0.2, 0) is 4.74 Å². The molecule has 8 heteroatoms. The third-order valence-corrected chi connectivity index (χ3v) is 3.78. The normalized spacial score (nSPS) is 15.2. The van der Waals surface area contributed by atoms with Gasteiger partial charge in [-0.3, -0.25) is 4.57 Å². The van der Waals surface area contributed by atoms with Crippen LogP contribution in [0.25, 0.3) is 5.82 Å². The SMILES string of the molecule is C[C@@H](OC(=O)c1ccc(-n2ccnc2)nc1)c1nc(C2CC2)no1. The lowest BCUT2D eigenvalue weighted by Crippen LogP contribution is -2.10. The summed E-state index contributed by atoms with van der Waals surface area (Å²) in [5, 5.41) is 3.92. The summed E-state index contributed by atoms with van der Waals surface area (Å²) in [5.74, 6) is 1.58. The molecule has 0 unspecified atom stereocenters. The molecule has 0 aromatic carbocycles. The van der Waals surface area contributed by atoms with Crippen LogP contribution >= 0.6 is 0 Å². The smallest absolute Gasteiger partial charge is 0.340 e. The molecule has 1 saturated carbocycles. The first-order chi connectivity index (χ1) is 11.7. The summed E-state index contributed by atoms with van der Waals surface area (Å²) < 4.78 is 12.3. The van der Waals surface area contributed by atoms with Crippen molar-refractivity contribution in [3.63, 3.8) is 0 Å². The molecule has 1 aliphatic rings. The van der Waals surface area contributed by atoms with Crippen LogP contribution in [0.2, 0.25) is 0 Å². The van der Waals surface area contributed by atoms with Gasteiger partial charge in [0.05, 0.1) is 5.56 Å². The van der Waals surface area contributed by atoms with Crippen LogP contribution in [0.4, 0.5) is 0 Å². The quantitative estimate of drug-likeness (QED) is 0.665. The van der Waals surface area contributed by atoms with Gasteiger partial charge in [0.2, 0.25) is 0 Å². The first-order valence-corrected chi connectivity index (χ1v) is 7.69. The first kappa shape index (κ1) is 14.6. The van der Waals surface area contributed by atoms with E-state index >= 15 is 0 Å². The van der Waals surface area contributed by atoms with E-state index in [1.54, 1.807) is 42.3 Å². The lowest BCUT2D eigenvalue weighted by molar-refractivity contribution is 0.0265. The molecule has 3 heterocycles. The highest BCUT2D eigenvalue weighted by molar-refractivity contribution is 5.89. The van der Waals surface area contributed by atoms with E-state index < -0.39 is 12.1 Å². The van der Waals surface area contributed by atoms with Crippen molar-refractivity contribution < 1.29 is 14.1 Å². The minimum atomic E-state index is -0.606. The van der Waals surface area contributed by atoms with E-state index in [4.69, 9.17) is 9.26 Å². The van der Waals surface area contributed by atoms with Crippen LogP contribution in [-0.4, -0.2) is 30.6 Å². The Labute approximate surface area is 137 Å². The second kappa shape index (κ2) is 5.88. The maximum absolute atomic E-state index is 12.2. The number of hydrogen-bond acceptors (Lipinski definition) is 7. The van der Waals surface area contributed by atoms with Crippen molar-refractivity contribution >= 4 is 5.97 Å². The zero-order valence-electron chi connectivity index (χ0n) is 13.0. The number of ether oxygens (including phenoxy) is 1. The van der Waals surface area contributed by atoms with Gasteiger partial charge in [0.1, 0.15) is 12.1 Å². The second-order valence-electron chi connectivity index (χ2n) is 5.69. The molecule has 8 nitrogen and oxygen atoms in total. The molecule has 1 atom stereocenters. The summed E-state index contributed by atoms with van der Waals surface area (Å²) in [6.07, 6.45) is 8.10. The number of imidazole rings is 1. The molecular formula is C16H15N5O3. The van der Waals surface area contributed by atoms with Gasteiger partial charge in [0.15, 0.2) is 11.9 Å². The minimum absolute atomic E-state index is 0.313. The first-order valence-electron chi connectivity index (χ1n) is 7.69.